The third-order valence-electron chi connectivity index (χ3n) is 7.15. The number of nitrogens with one attached hydrogen (secondary N) is 1. The molecule has 0 radical (unpaired) electrons. The normalized spacial score (nSPS) is 15.9. The maximum absolute atomic E-state index is 12.8. The van der Waals surface area contributed by atoms with Gasteiger partial charge in [0.15, 0.2) is 11.5 Å². The number of nitrogens with zero attached hydrogens (tertiary/aromatic N) is 1. The van der Waals surface area contributed by atoms with E-state index in [9.17, 15) is 15.0 Å². The van der Waals surface area contributed by atoms with Crippen molar-refractivity contribution in [3.8, 4) is 11.5 Å². The van der Waals surface area contributed by atoms with E-state index >= 15 is 0 Å². The smallest absolute Gasteiger partial charge is 0.220 e. The summed E-state index contributed by atoms with van der Waals surface area (Å²) in [5, 5.41) is 22.7. The fourth-order valence-corrected chi connectivity index (χ4v) is 5.10. The third-order valence-corrected chi connectivity index (χ3v) is 7.15. The Morgan fingerprint density at radius 1 is 0.941 bits per heavy atom. The van der Waals surface area contributed by atoms with E-state index in [2.05, 4.69) is 24.1 Å². The van der Waals surface area contributed by atoms with Gasteiger partial charge in [-0.3, -0.25) is 4.79 Å². The number of carbonyl (C=O) groups excluding carboxylic acids is 1. The predicted molar refractivity (Wildman–Crippen MR) is 141 cm³/mol. The zero-order chi connectivity index (χ0) is 24.6. The fourth-order valence-electron chi connectivity index (χ4n) is 5.10. The monoisotopic (exact) mass is 474 g/mol. The number of hydrogen-bond acceptors (Lipinski definition) is 4. The number of phenols is 2. The first kappa shape index (κ1) is 28.5. The van der Waals surface area contributed by atoms with Gasteiger partial charge in [-0.25, -0.2) is 0 Å². The van der Waals surface area contributed by atoms with Gasteiger partial charge in [-0.1, -0.05) is 90.5 Å². The molecule has 5 heteroatoms. The molecule has 0 saturated carbocycles. The molecule has 3 N–H and O–H groups in total. The van der Waals surface area contributed by atoms with E-state index < -0.39 is 0 Å². The molecule has 34 heavy (non-hydrogen) atoms. The SMILES string of the molecule is CCCCCCCCCCCCC(C)CC(=O)N[C@@H](Cc1ccc(O)c(O)c1)CN1CCCC1. The Morgan fingerprint density at radius 2 is 1.56 bits per heavy atom. The Labute approximate surface area is 208 Å². The first-order chi connectivity index (χ1) is 16.5. The van der Waals surface area contributed by atoms with E-state index in [1.165, 1.54) is 83.1 Å². The van der Waals surface area contributed by atoms with Gasteiger partial charge in [0.1, 0.15) is 0 Å². The van der Waals surface area contributed by atoms with Crippen molar-refractivity contribution >= 4 is 5.91 Å². The minimum atomic E-state index is -0.107. The standard InChI is InChI=1S/C29H50N2O3/c1-3-4-5-6-7-8-9-10-11-12-15-24(2)20-29(34)30-26(23-31-18-13-14-19-31)21-25-16-17-27(32)28(33)22-25/h16-17,22,24,26,32-33H,3-15,18-21,23H2,1-2H3,(H,30,34)/t24?,26-/m0/s1. The van der Waals surface area contributed by atoms with E-state index in [1.807, 2.05) is 6.07 Å². The van der Waals surface area contributed by atoms with E-state index in [1.54, 1.807) is 6.07 Å². The van der Waals surface area contributed by atoms with Crippen molar-refractivity contribution < 1.29 is 15.0 Å². The highest BCUT2D eigenvalue weighted by Gasteiger charge is 2.21. The largest absolute Gasteiger partial charge is 0.504 e. The summed E-state index contributed by atoms with van der Waals surface area (Å²) >= 11 is 0. The number of hydrogen-bond donors (Lipinski definition) is 3. The van der Waals surface area contributed by atoms with Crippen LogP contribution in [0.5, 0.6) is 11.5 Å². The molecular weight excluding hydrogens is 424 g/mol. The number of likely N-dealkylation sites (tertiary alicyclic amines) is 1. The maximum atomic E-state index is 12.8. The van der Waals surface area contributed by atoms with Gasteiger partial charge < -0.3 is 20.4 Å². The summed E-state index contributed by atoms with van der Waals surface area (Å²) in [5.74, 6) is 0.324. The van der Waals surface area contributed by atoms with Crippen molar-refractivity contribution in [2.24, 2.45) is 5.92 Å². The summed E-state index contributed by atoms with van der Waals surface area (Å²) in [6.07, 6.45) is 18.2. The zero-order valence-electron chi connectivity index (χ0n) is 21.9. The summed E-state index contributed by atoms with van der Waals surface area (Å²) in [4.78, 5) is 15.2. The second-order valence-corrected chi connectivity index (χ2v) is 10.6. The fraction of sp³-hybridized carbons (Fsp3) is 0.759. The molecule has 1 aliphatic heterocycles. The van der Waals surface area contributed by atoms with E-state index in [-0.39, 0.29) is 23.4 Å². The maximum Gasteiger partial charge on any atom is 0.220 e. The molecule has 194 valence electrons. The first-order valence-electron chi connectivity index (χ1n) is 14.0. The third kappa shape index (κ3) is 12.1. The average molecular weight is 475 g/mol. The number of rotatable bonds is 18. The molecule has 0 bridgehead atoms. The van der Waals surface area contributed by atoms with Crippen LogP contribution < -0.4 is 5.32 Å². The highest BCUT2D eigenvalue weighted by atomic mass is 16.3. The van der Waals surface area contributed by atoms with Gasteiger partial charge in [0.05, 0.1) is 0 Å². The van der Waals surface area contributed by atoms with Crippen LogP contribution in [0, 0.1) is 5.92 Å². The summed E-state index contributed by atoms with van der Waals surface area (Å²) in [6, 6.07) is 4.96. The molecule has 1 amide bonds. The topological polar surface area (TPSA) is 72.8 Å². The van der Waals surface area contributed by atoms with Gasteiger partial charge >= 0.3 is 0 Å². The van der Waals surface area contributed by atoms with Crippen LogP contribution >= 0.6 is 0 Å². The molecule has 5 nitrogen and oxygen atoms in total. The molecule has 0 spiro atoms. The molecule has 1 aliphatic rings. The molecule has 1 unspecified atom stereocenters. The number of aromatic hydroxyl groups is 2. The molecule has 0 aliphatic carbocycles. The number of unbranched alkanes of at least 4 members (excludes halogenated alkanes) is 9. The highest BCUT2D eigenvalue weighted by molar-refractivity contribution is 5.76. The lowest BCUT2D eigenvalue weighted by atomic mass is 9.97. The number of phenolic OH excluding ortho intramolecular Hbond substituents is 2. The quantitative estimate of drug-likeness (QED) is 0.166. The molecule has 1 saturated heterocycles. The molecule has 2 rings (SSSR count). The van der Waals surface area contributed by atoms with Gasteiger partial charge in [0.25, 0.3) is 0 Å². The van der Waals surface area contributed by atoms with Gasteiger partial charge in [-0.2, -0.15) is 0 Å². The lowest BCUT2D eigenvalue weighted by molar-refractivity contribution is -0.122. The lowest BCUT2D eigenvalue weighted by Gasteiger charge is -2.25. The molecular formula is C29H50N2O3. The van der Waals surface area contributed by atoms with Gasteiger partial charge in [-0.05, 0) is 56.0 Å². The summed E-state index contributed by atoms with van der Waals surface area (Å²) in [7, 11) is 0. The van der Waals surface area contributed by atoms with Crippen molar-refractivity contribution in [1.82, 2.24) is 10.2 Å². The number of benzene rings is 1. The molecule has 1 fully saturated rings. The van der Waals surface area contributed by atoms with Crippen LogP contribution in [0.2, 0.25) is 0 Å². The summed E-state index contributed by atoms with van der Waals surface area (Å²) < 4.78 is 0. The molecule has 2 atom stereocenters. The van der Waals surface area contributed by atoms with Crippen LogP contribution in [0.3, 0.4) is 0 Å². The second-order valence-electron chi connectivity index (χ2n) is 10.6. The number of amides is 1. The minimum Gasteiger partial charge on any atom is -0.504 e. The van der Waals surface area contributed by atoms with Crippen LogP contribution in [0.1, 0.15) is 109 Å². The van der Waals surface area contributed by atoms with E-state index in [0.717, 1.165) is 31.6 Å². The molecule has 0 aromatic heterocycles. The van der Waals surface area contributed by atoms with Crippen LogP contribution in [0.4, 0.5) is 0 Å². The van der Waals surface area contributed by atoms with E-state index in [0.29, 0.717) is 18.8 Å². The van der Waals surface area contributed by atoms with Crippen molar-refractivity contribution in [3.05, 3.63) is 23.8 Å². The average Bonchev–Trinajstić information content (AvgIpc) is 3.30. The number of carbonyl (C=O) groups is 1. The van der Waals surface area contributed by atoms with E-state index in [4.69, 9.17) is 0 Å². The minimum absolute atomic E-state index is 0.0130. The van der Waals surface area contributed by atoms with Crippen LogP contribution in [-0.4, -0.2) is 46.7 Å². The van der Waals surface area contributed by atoms with Crippen molar-refractivity contribution in [2.75, 3.05) is 19.6 Å². The zero-order valence-corrected chi connectivity index (χ0v) is 21.9. The van der Waals surface area contributed by atoms with Crippen LogP contribution in [-0.2, 0) is 11.2 Å². The molecule has 1 aromatic carbocycles. The Hall–Kier alpha value is -1.75. The Kier molecular flexibility index (Phi) is 14.1. The van der Waals surface area contributed by atoms with Crippen molar-refractivity contribution in [2.45, 2.75) is 116 Å². The van der Waals surface area contributed by atoms with Gasteiger partial charge in [-0.15, -0.1) is 0 Å². The summed E-state index contributed by atoms with van der Waals surface area (Å²) in [5.41, 5.74) is 0.929. The van der Waals surface area contributed by atoms with Crippen molar-refractivity contribution in [1.29, 1.82) is 0 Å². The Morgan fingerprint density at radius 3 is 2.18 bits per heavy atom. The Bertz CT molecular complexity index is 688. The summed E-state index contributed by atoms with van der Waals surface area (Å²) in [6.45, 7) is 7.47. The molecule has 1 heterocycles. The lowest BCUT2D eigenvalue weighted by Crippen LogP contribution is -2.44. The van der Waals surface area contributed by atoms with Crippen molar-refractivity contribution in [3.63, 3.8) is 0 Å². The first-order valence-corrected chi connectivity index (χ1v) is 14.0. The predicted octanol–water partition coefficient (Wildman–Crippen LogP) is 6.56. The van der Waals surface area contributed by atoms with Crippen LogP contribution in [0.15, 0.2) is 18.2 Å². The highest BCUT2D eigenvalue weighted by Crippen LogP contribution is 2.25. The van der Waals surface area contributed by atoms with Crippen LogP contribution in [0.25, 0.3) is 0 Å². The van der Waals surface area contributed by atoms with Gasteiger partial charge in [0.2, 0.25) is 5.91 Å². The molecule has 1 aromatic rings. The van der Waals surface area contributed by atoms with Gasteiger partial charge in [0, 0.05) is 19.0 Å². The Balaban J connectivity index is 1.67. The second kappa shape index (κ2) is 16.8.